The van der Waals surface area contributed by atoms with Crippen LogP contribution in [0.5, 0.6) is 0 Å². The Morgan fingerprint density at radius 1 is 0.974 bits per heavy atom. The summed E-state index contributed by atoms with van der Waals surface area (Å²) in [5, 5.41) is 10.6. The van der Waals surface area contributed by atoms with Gasteiger partial charge in [0, 0.05) is 19.3 Å². The van der Waals surface area contributed by atoms with Crippen molar-refractivity contribution in [1.29, 1.82) is 0 Å². The average molecular weight is 535 g/mol. The van der Waals surface area contributed by atoms with Gasteiger partial charge in [-0.2, -0.15) is 0 Å². The SMILES string of the molecule is C#CCCC(=O)C[C@H]1CCC2(C)[C@H]3CC=C4[C@@H]5[C@@H](C)[C@H](C)CC[C@]5(C(=O)O)CC[C@@]4(C)C3(C)CC[C@H]2C1(C)C. The number of rotatable bonds is 5. The van der Waals surface area contributed by atoms with Gasteiger partial charge in [-0.1, -0.05) is 60.1 Å². The Balaban J connectivity index is 1.49. The summed E-state index contributed by atoms with van der Waals surface area (Å²) in [5.74, 6) is 5.23. The van der Waals surface area contributed by atoms with Crippen molar-refractivity contribution in [3.8, 4) is 12.3 Å². The van der Waals surface area contributed by atoms with Gasteiger partial charge in [0.25, 0.3) is 0 Å². The number of fused-ring (bicyclic) bond motifs is 7. The molecule has 0 heterocycles. The molecule has 0 saturated heterocycles. The molecule has 0 aromatic carbocycles. The third-order valence-corrected chi connectivity index (χ3v) is 14.7. The number of carboxylic acids is 1. The summed E-state index contributed by atoms with van der Waals surface area (Å²) in [5.41, 5.74) is 1.55. The molecule has 0 bridgehead atoms. The van der Waals surface area contributed by atoms with Crippen LogP contribution >= 0.6 is 0 Å². The van der Waals surface area contributed by atoms with E-state index < -0.39 is 11.4 Å². The van der Waals surface area contributed by atoms with Gasteiger partial charge in [0.1, 0.15) is 5.78 Å². The van der Waals surface area contributed by atoms with Gasteiger partial charge in [0.15, 0.2) is 0 Å². The zero-order valence-electron chi connectivity index (χ0n) is 25.9. The lowest BCUT2D eigenvalue weighted by Gasteiger charge is -2.71. The topological polar surface area (TPSA) is 54.4 Å². The Labute approximate surface area is 238 Å². The molecule has 0 amide bonds. The smallest absolute Gasteiger partial charge is 0.310 e. The van der Waals surface area contributed by atoms with Crippen molar-refractivity contribution in [1.82, 2.24) is 0 Å². The van der Waals surface area contributed by atoms with E-state index in [4.69, 9.17) is 6.42 Å². The molecule has 4 saturated carbocycles. The zero-order valence-corrected chi connectivity index (χ0v) is 25.9. The van der Waals surface area contributed by atoms with Crippen molar-refractivity contribution in [2.24, 2.45) is 62.6 Å². The maximum absolute atomic E-state index is 12.9. The van der Waals surface area contributed by atoms with Crippen molar-refractivity contribution >= 4 is 11.8 Å². The fraction of sp³-hybridized carbons (Fsp3) is 0.833. The molecule has 5 aliphatic rings. The highest BCUT2D eigenvalue weighted by atomic mass is 16.4. The lowest BCUT2D eigenvalue weighted by atomic mass is 9.33. The number of carbonyl (C=O) groups excluding carboxylic acids is 1. The molecule has 2 unspecified atom stereocenters. The van der Waals surface area contributed by atoms with Gasteiger partial charge in [0.05, 0.1) is 5.41 Å². The summed E-state index contributed by atoms with van der Waals surface area (Å²) in [6.45, 7) is 17.3. The van der Waals surface area contributed by atoms with E-state index in [0.717, 1.165) is 38.5 Å². The molecule has 216 valence electrons. The van der Waals surface area contributed by atoms with E-state index in [9.17, 15) is 14.7 Å². The molecule has 1 N–H and O–H groups in total. The van der Waals surface area contributed by atoms with Gasteiger partial charge in [-0.05, 0) is 115 Å². The summed E-state index contributed by atoms with van der Waals surface area (Å²) in [6, 6.07) is 0. The summed E-state index contributed by atoms with van der Waals surface area (Å²) in [6.07, 6.45) is 19.3. The van der Waals surface area contributed by atoms with Crippen LogP contribution in [-0.4, -0.2) is 16.9 Å². The molecule has 0 aromatic rings. The van der Waals surface area contributed by atoms with Gasteiger partial charge in [-0.15, -0.1) is 12.3 Å². The number of Topliss-reactive ketones (excluding diaryl/α,β-unsaturated/α-hetero) is 1. The van der Waals surface area contributed by atoms with E-state index in [1.807, 2.05) is 0 Å². The first kappa shape index (κ1) is 29.0. The van der Waals surface area contributed by atoms with E-state index in [-0.39, 0.29) is 27.6 Å². The number of ketones is 1. The lowest BCUT2D eigenvalue weighted by molar-refractivity contribution is -0.198. The highest BCUT2D eigenvalue weighted by Gasteiger charge is 2.69. The second-order valence-electron chi connectivity index (χ2n) is 16.1. The summed E-state index contributed by atoms with van der Waals surface area (Å²) >= 11 is 0. The van der Waals surface area contributed by atoms with Crippen molar-refractivity contribution < 1.29 is 14.7 Å². The molecule has 0 aromatic heterocycles. The predicted octanol–water partition coefficient (Wildman–Crippen LogP) is 8.72. The van der Waals surface area contributed by atoms with E-state index in [0.29, 0.717) is 54.6 Å². The Hall–Kier alpha value is -1.56. The molecular weight excluding hydrogens is 480 g/mol. The van der Waals surface area contributed by atoms with Crippen LogP contribution in [0.4, 0.5) is 0 Å². The fourth-order valence-corrected chi connectivity index (χ4v) is 11.9. The maximum atomic E-state index is 12.9. The standard InChI is InChI=1S/C36H54O3/c1-9-10-11-26(37)22-25-15-17-33(6)28(32(25,4)5)16-18-35(8)29(33)13-12-27-30-24(3)23(2)14-19-36(30,31(38)39)21-20-34(27,35)7/h1,12,23-25,28-30H,10-11,13-22H2,2-8H3,(H,38,39)/t23-,24+,25-,28+,29-,30+,33?,34-,35?,36+/m1/s1. The minimum absolute atomic E-state index is 0.0605. The number of carboxylic acid groups (broad SMARTS) is 1. The summed E-state index contributed by atoms with van der Waals surface area (Å²) < 4.78 is 0. The molecule has 3 heteroatoms. The highest BCUT2D eigenvalue weighted by molar-refractivity contribution is 5.79. The molecule has 10 atom stereocenters. The van der Waals surface area contributed by atoms with E-state index >= 15 is 0 Å². The third-order valence-electron chi connectivity index (χ3n) is 14.7. The molecule has 39 heavy (non-hydrogen) atoms. The van der Waals surface area contributed by atoms with Crippen LogP contribution in [0.25, 0.3) is 0 Å². The molecule has 0 spiro atoms. The second kappa shape index (κ2) is 9.49. The molecule has 4 fully saturated rings. The van der Waals surface area contributed by atoms with E-state index in [1.54, 1.807) is 0 Å². The van der Waals surface area contributed by atoms with E-state index in [1.165, 1.54) is 24.8 Å². The maximum Gasteiger partial charge on any atom is 0.310 e. The molecule has 0 radical (unpaired) electrons. The Morgan fingerprint density at radius 2 is 1.69 bits per heavy atom. The highest BCUT2D eigenvalue weighted by Crippen LogP contribution is 2.76. The lowest BCUT2D eigenvalue weighted by Crippen LogP contribution is -2.65. The Bertz CT molecular complexity index is 1090. The first-order valence-electron chi connectivity index (χ1n) is 16.1. The Kier molecular flexibility index (Phi) is 7.05. The third kappa shape index (κ3) is 3.89. The number of allylic oxidation sites excluding steroid dienone is 2. The zero-order chi connectivity index (χ0) is 28.6. The van der Waals surface area contributed by atoms with Crippen LogP contribution in [0.3, 0.4) is 0 Å². The predicted molar refractivity (Wildman–Crippen MR) is 158 cm³/mol. The first-order chi connectivity index (χ1) is 18.2. The molecule has 3 nitrogen and oxygen atoms in total. The number of terminal acetylenes is 1. The van der Waals surface area contributed by atoms with E-state index in [2.05, 4.69) is 60.5 Å². The number of aliphatic carboxylic acids is 1. The Morgan fingerprint density at radius 3 is 2.36 bits per heavy atom. The van der Waals surface area contributed by atoms with Crippen LogP contribution in [0.15, 0.2) is 11.6 Å². The molecule has 5 rings (SSSR count). The number of hydrogen-bond donors (Lipinski definition) is 1. The second-order valence-corrected chi connectivity index (χ2v) is 16.1. The fourth-order valence-electron chi connectivity index (χ4n) is 11.9. The largest absolute Gasteiger partial charge is 0.481 e. The van der Waals surface area contributed by atoms with Crippen molar-refractivity contribution in [2.45, 2.75) is 126 Å². The van der Waals surface area contributed by atoms with Gasteiger partial charge >= 0.3 is 5.97 Å². The average Bonchev–Trinajstić information content (AvgIpc) is 2.87. The van der Waals surface area contributed by atoms with Crippen LogP contribution < -0.4 is 0 Å². The van der Waals surface area contributed by atoms with Crippen LogP contribution in [0.1, 0.15) is 126 Å². The van der Waals surface area contributed by atoms with Gasteiger partial charge < -0.3 is 5.11 Å². The molecular formula is C36H54O3. The minimum Gasteiger partial charge on any atom is -0.481 e. The quantitative estimate of drug-likeness (QED) is 0.283. The molecule has 0 aliphatic heterocycles. The minimum atomic E-state index is -0.576. The monoisotopic (exact) mass is 534 g/mol. The van der Waals surface area contributed by atoms with Crippen molar-refractivity contribution in [3.05, 3.63) is 11.6 Å². The number of hydrogen-bond acceptors (Lipinski definition) is 2. The van der Waals surface area contributed by atoms with Crippen molar-refractivity contribution in [2.75, 3.05) is 0 Å². The van der Waals surface area contributed by atoms with Gasteiger partial charge in [-0.3, -0.25) is 9.59 Å². The van der Waals surface area contributed by atoms with Crippen molar-refractivity contribution in [3.63, 3.8) is 0 Å². The van der Waals surface area contributed by atoms with Crippen LogP contribution in [-0.2, 0) is 9.59 Å². The first-order valence-corrected chi connectivity index (χ1v) is 16.1. The van der Waals surface area contributed by atoms with Crippen LogP contribution in [0.2, 0.25) is 0 Å². The van der Waals surface area contributed by atoms with Gasteiger partial charge in [-0.25, -0.2) is 0 Å². The van der Waals surface area contributed by atoms with Gasteiger partial charge in [0.2, 0.25) is 0 Å². The van der Waals surface area contributed by atoms with Crippen LogP contribution in [0, 0.1) is 74.9 Å². The summed E-state index contributed by atoms with van der Waals surface area (Å²) in [7, 11) is 0. The summed E-state index contributed by atoms with van der Waals surface area (Å²) in [4.78, 5) is 25.7. The molecule has 5 aliphatic carbocycles. The number of carbonyl (C=O) groups is 2. The normalized spacial score (nSPS) is 48.3.